The maximum absolute atomic E-state index is 12.9. The van der Waals surface area contributed by atoms with Gasteiger partial charge in [0.2, 0.25) is 0 Å². The van der Waals surface area contributed by atoms with E-state index in [0.717, 1.165) is 37.1 Å². The van der Waals surface area contributed by atoms with Gasteiger partial charge < -0.3 is 14.8 Å². The maximum Gasteiger partial charge on any atom is 0.272 e. The first kappa shape index (κ1) is 17.9. The summed E-state index contributed by atoms with van der Waals surface area (Å²) in [5, 5.41) is 0.677. The molecule has 0 atom stereocenters. The fourth-order valence-corrected chi connectivity index (χ4v) is 4.47. The number of H-pyrrole nitrogens is 1. The Morgan fingerprint density at radius 1 is 1.10 bits per heavy atom. The standard InChI is InChI=1S/C21H24N6O2/c28-20-17-6-5-16(11-18(17)24-14-27(20)15-3-1-2-4-15)25-7-9-26(10-8-25)21(29)19-12-22-13-23-19/h5-6,11-15H,1-4,7-10H2,(H,22,23). The number of benzene rings is 1. The highest BCUT2D eigenvalue weighted by Gasteiger charge is 2.24. The van der Waals surface area contributed by atoms with Gasteiger partial charge in [0.05, 0.1) is 29.8 Å². The van der Waals surface area contributed by atoms with E-state index >= 15 is 0 Å². The van der Waals surface area contributed by atoms with Gasteiger partial charge in [-0.15, -0.1) is 0 Å². The fraction of sp³-hybridized carbons (Fsp3) is 0.429. The van der Waals surface area contributed by atoms with Crippen LogP contribution >= 0.6 is 0 Å². The van der Waals surface area contributed by atoms with Crippen molar-refractivity contribution in [2.24, 2.45) is 0 Å². The van der Waals surface area contributed by atoms with Crippen molar-refractivity contribution in [1.29, 1.82) is 0 Å². The summed E-state index contributed by atoms with van der Waals surface area (Å²) in [5.41, 5.74) is 2.35. The monoisotopic (exact) mass is 392 g/mol. The molecule has 8 nitrogen and oxygen atoms in total. The topological polar surface area (TPSA) is 87.1 Å². The largest absolute Gasteiger partial charge is 0.368 e. The molecule has 1 N–H and O–H groups in total. The molecule has 1 aromatic carbocycles. The van der Waals surface area contributed by atoms with Gasteiger partial charge in [-0.1, -0.05) is 12.8 Å². The van der Waals surface area contributed by atoms with Crippen LogP contribution in [0.1, 0.15) is 42.2 Å². The Morgan fingerprint density at radius 3 is 2.62 bits per heavy atom. The van der Waals surface area contributed by atoms with Crippen LogP contribution in [0.2, 0.25) is 0 Å². The number of amides is 1. The van der Waals surface area contributed by atoms with Gasteiger partial charge in [0.25, 0.3) is 11.5 Å². The molecule has 1 aliphatic heterocycles. The van der Waals surface area contributed by atoms with Gasteiger partial charge in [0, 0.05) is 37.9 Å². The normalized spacial score (nSPS) is 17.9. The van der Waals surface area contributed by atoms with E-state index in [1.165, 1.54) is 19.2 Å². The van der Waals surface area contributed by atoms with E-state index < -0.39 is 0 Å². The van der Waals surface area contributed by atoms with Crippen molar-refractivity contribution in [3.63, 3.8) is 0 Å². The molecule has 1 aliphatic carbocycles. The van der Waals surface area contributed by atoms with E-state index in [2.05, 4.69) is 19.9 Å². The van der Waals surface area contributed by atoms with E-state index in [0.29, 0.717) is 30.2 Å². The number of carbonyl (C=O) groups excluding carboxylic acids is 1. The number of nitrogens with zero attached hydrogens (tertiary/aromatic N) is 5. The van der Waals surface area contributed by atoms with Crippen molar-refractivity contribution in [2.75, 3.05) is 31.1 Å². The van der Waals surface area contributed by atoms with Gasteiger partial charge in [-0.05, 0) is 31.0 Å². The molecule has 2 aliphatic rings. The predicted molar refractivity (Wildman–Crippen MR) is 110 cm³/mol. The molecule has 1 saturated heterocycles. The smallest absolute Gasteiger partial charge is 0.272 e. The molecule has 1 saturated carbocycles. The predicted octanol–water partition coefficient (Wildman–Crippen LogP) is 2.20. The number of aromatic amines is 1. The highest BCUT2D eigenvalue weighted by Crippen LogP contribution is 2.28. The molecule has 29 heavy (non-hydrogen) atoms. The van der Waals surface area contributed by atoms with E-state index in [9.17, 15) is 9.59 Å². The lowest BCUT2D eigenvalue weighted by molar-refractivity contribution is 0.0741. The number of rotatable bonds is 3. The van der Waals surface area contributed by atoms with Gasteiger partial charge in [-0.25, -0.2) is 9.97 Å². The average Bonchev–Trinajstić information content (AvgIpc) is 3.48. The zero-order chi connectivity index (χ0) is 19.8. The van der Waals surface area contributed by atoms with E-state index in [1.807, 2.05) is 27.7 Å². The maximum atomic E-state index is 12.9. The third-order valence-electron chi connectivity index (χ3n) is 6.15. The lowest BCUT2D eigenvalue weighted by Gasteiger charge is -2.36. The molecule has 8 heteroatoms. The number of anilines is 1. The molecule has 0 radical (unpaired) electrons. The van der Waals surface area contributed by atoms with Crippen LogP contribution in [-0.2, 0) is 0 Å². The molecule has 3 aromatic rings. The minimum Gasteiger partial charge on any atom is -0.368 e. The van der Waals surface area contributed by atoms with Crippen molar-refractivity contribution < 1.29 is 4.79 Å². The van der Waals surface area contributed by atoms with Crippen LogP contribution in [-0.4, -0.2) is 56.5 Å². The summed E-state index contributed by atoms with van der Waals surface area (Å²) in [6.45, 7) is 2.77. The van der Waals surface area contributed by atoms with Crippen LogP contribution in [0.15, 0.2) is 41.8 Å². The van der Waals surface area contributed by atoms with Crippen LogP contribution in [0.25, 0.3) is 10.9 Å². The number of nitrogens with one attached hydrogen (secondary N) is 1. The highest BCUT2D eigenvalue weighted by molar-refractivity contribution is 5.92. The fourth-order valence-electron chi connectivity index (χ4n) is 4.47. The average molecular weight is 392 g/mol. The number of carbonyl (C=O) groups is 1. The summed E-state index contributed by atoms with van der Waals surface area (Å²) in [6.07, 6.45) is 9.28. The molecule has 2 aromatic heterocycles. The van der Waals surface area contributed by atoms with Gasteiger partial charge in [-0.3, -0.25) is 14.2 Å². The van der Waals surface area contributed by atoms with Crippen molar-refractivity contribution in [2.45, 2.75) is 31.7 Å². The Bertz CT molecular complexity index is 1080. The zero-order valence-electron chi connectivity index (χ0n) is 16.3. The van der Waals surface area contributed by atoms with Crippen molar-refractivity contribution in [3.05, 3.63) is 53.1 Å². The lowest BCUT2D eigenvalue weighted by atomic mass is 10.1. The second-order valence-corrected chi connectivity index (χ2v) is 7.84. The van der Waals surface area contributed by atoms with Crippen molar-refractivity contribution in [3.8, 4) is 0 Å². The van der Waals surface area contributed by atoms with E-state index in [1.54, 1.807) is 12.5 Å². The molecule has 0 spiro atoms. The summed E-state index contributed by atoms with van der Waals surface area (Å²) in [4.78, 5) is 40.8. The molecule has 150 valence electrons. The molecule has 0 unspecified atom stereocenters. The van der Waals surface area contributed by atoms with Gasteiger partial charge >= 0.3 is 0 Å². The Kier molecular flexibility index (Phi) is 4.54. The first-order valence-corrected chi connectivity index (χ1v) is 10.2. The molecular formula is C21H24N6O2. The molecule has 5 rings (SSSR count). The van der Waals surface area contributed by atoms with Crippen LogP contribution < -0.4 is 10.5 Å². The van der Waals surface area contributed by atoms with Crippen molar-refractivity contribution in [1.82, 2.24) is 24.4 Å². The van der Waals surface area contributed by atoms with Gasteiger partial charge in [0.1, 0.15) is 5.69 Å². The lowest BCUT2D eigenvalue weighted by Crippen LogP contribution is -2.48. The van der Waals surface area contributed by atoms with Crippen LogP contribution in [0, 0.1) is 0 Å². The Hall–Kier alpha value is -3.16. The minimum absolute atomic E-state index is 0.0187. The first-order valence-electron chi connectivity index (χ1n) is 10.2. The molecule has 1 amide bonds. The van der Waals surface area contributed by atoms with Crippen molar-refractivity contribution >= 4 is 22.5 Å². The number of imidazole rings is 1. The van der Waals surface area contributed by atoms with Gasteiger partial charge in [0.15, 0.2) is 0 Å². The molecule has 3 heterocycles. The number of hydrogen-bond donors (Lipinski definition) is 1. The second kappa shape index (κ2) is 7.35. The van der Waals surface area contributed by atoms with Gasteiger partial charge in [-0.2, -0.15) is 0 Å². The summed E-state index contributed by atoms with van der Waals surface area (Å²) in [6, 6.07) is 6.17. The number of hydrogen-bond acceptors (Lipinski definition) is 5. The Morgan fingerprint density at radius 2 is 1.90 bits per heavy atom. The zero-order valence-corrected chi connectivity index (χ0v) is 16.3. The third kappa shape index (κ3) is 3.28. The van der Waals surface area contributed by atoms with Crippen LogP contribution in [0.4, 0.5) is 5.69 Å². The minimum atomic E-state index is -0.0187. The van der Waals surface area contributed by atoms with E-state index in [4.69, 9.17) is 0 Å². The molecular weight excluding hydrogens is 368 g/mol. The molecule has 2 fully saturated rings. The number of aromatic nitrogens is 4. The third-order valence-corrected chi connectivity index (χ3v) is 6.15. The Labute approximate surface area is 168 Å². The summed E-state index contributed by atoms with van der Waals surface area (Å²) < 4.78 is 1.81. The first-order chi connectivity index (χ1) is 14.2. The Balaban J connectivity index is 1.33. The summed E-state index contributed by atoms with van der Waals surface area (Å²) in [5.74, 6) is -0.0187. The van der Waals surface area contributed by atoms with Crippen LogP contribution in [0.3, 0.4) is 0 Å². The second-order valence-electron chi connectivity index (χ2n) is 7.84. The highest BCUT2D eigenvalue weighted by atomic mass is 16.2. The molecule has 0 bridgehead atoms. The van der Waals surface area contributed by atoms with E-state index in [-0.39, 0.29) is 11.5 Å². The summed E-state index contributed by atoms with van der Waals surface area (Å²) in [7, 11) is 0. The quantitative estimate of drug-likeness (QED) is 0.738. The summed E-state index contributed by atoms with van der Waals surface area (Å²) >= 11 is 0. The number of fused-ring (bicyclic) bond motifs is 1. The number of piperazine rings is 1. The SMILES string of the molecule is O=C(c1cnc[nH]1)N1CCN(c2ccc3c(=O)n(C4CCCC4)cnc3c2)CC1. The van der Waals surface area contributed by atoms with Crippen LogP contribution in [0.5, 0.6) is 0 Å².